The van der Waals surface area contributed by atoms with Crippen LogP contribution in [0.5, 0.6) is 0 Å². The number of hydrazone groups is 1. The Labute approximate surface area is 56.3 Å². The number of nitrogens with one attached hydrogen (secondary N) is 1. The van der Waals surface area contributed by atoms with Crippen molar-refractivity contribution in [1.29, 1.82) is 0 Å². The Hall–Kier alpha value is -0.730. The lowest BCUT2D eigenvalue weighted by molar-refractivity contribution is 0.670. The van der Waals surface area contributed by atoms with Gasteiger partial charge in [-0.05, 0) is 13.3 Å². The maximum absolute atomic E-state index is 5.26. The van der Waals surface area contributed by atoms with E-state index in [0.717, 1.165) is 13.0 Å². The normalized spacial score (nSPS) is 11.6. The minimum absolute atomic E-state index is 0.589. The number of rotatable bonds is 4. The van der Waals surface area contributed by atoms with E-state index in [1.54, 1.807) is 6.92 Å². The molecule has 0 saturated carbocycles. The Balaban J connectivity index is 3.00. The molecule has 0 aromatic rings. The first-order chi connectivity index (χ1) is 4.27. The van der Waals surface area contributed by atoms with Crippen LogP contribution in [0.25, 0.3) is 0 Å². The zero-order valence-electron chi connectivity index (χ0n) is 6.15. The lowest BCUT2D eigenvalue weighted by atomic mass is 10.3. The summed E-state index contributed by atoms with van der Waals surface area (Å²) in [5, 5.41) is 3.81. The van der Waals surface area contributed by atoms with E-state index in [9.17, 15) is 0 Å². The van der Waals surface area contributed by atoms with Crippen LogP contribution in [0.4, 0.5) is 0 Å². The summed E-state index contributed by atoms with van der Waals surface area (Å²) in [5.41, 5.74) is 8.11. The third kappa shape index (κ3) is 7.27. The van der Waals surface area contributed by atoms with E-state index in [4.69, 9.17) is 5.73 Å². The standard InChI is InChI=1S/C6H15N3/c1-3-4-5-8-9-6(2)7/h8H,3-5H2,1-2H3,(H2,7,9). The van der Waals surface area contributed by atoms with Gasteiger partial charge in [0.2, 0.25) is 0 Å². The van der Waals surface area contributed by atoms with Crippen LogP contribution in [0.2, 0.25) is 0 Å². The zero-order valence-corrected chi connectivity index (χ0v) is 6.15. The highest BCUT2D eigenvalue weighted by molar-refractivity contribution is 5.77. The summed E-state index contributed by atoms with van der Waals surface area (Å²) in [7, 11) is 0. The van der Waals surface area contributed by atoms with Gasteiger partial charge in [-0.25, -0.2) is 0 Å². The van der Waals surface area contributed by atoms with Gasteiger partial charge in [0.15, 0.2) is 0 Å². The van der Waals surface area contributed by atoms with E-state index in [1.165, 1.54) is 6.42 Å². The Kier molecular flexibility index (Phi) is 4.97. The SMILES string of the molecule is CCCCNN=C(C)N. The minimum Gasteiger partial charge on any atom is -0.386 e. The molecule has 0 aromatic carbocycles. The Morgan fingerprint density at radius 3 is 2.78 bits per heavy atom. The van der Waals surface area contributed by atoms with Crippen molar-refractivity contribution in [3.63, 3.8) is 0 Å². The summed E-state index contributed by atoms with van der Waals surface area (Å²) >= 11 is 0. The molecule has 0 unspecified atom stereocenters. The van der Waals surface area contributed by atoms with Crippen LogP contribution in [0.1, 0.15) is 26.7 Å². The molecular formula is C6H15N3. The second-order valence-electron chi connectivity index (χ2n) is 2.01. The lowest BCUT2D eigenvalue weighted by Gasteiger charge is -1.96. The molecule has 0 fully saturated rings. The molecule has 0 aliphatic heterocycles. The summed E-state index contributed by atoms with van der Waals surface area (Å²) in [6.45, 7) is 4.82. The fourth-order valence-electron chi connectivity index (χ4n) is 0.436. The predicted octanol–water partition coefficient (Wildman–Crippen LogP) is 0.668. The summed E-state index contributed by atoms with van der Waals surface area (Å²) in [5.74, 6) is 0.589. The lowest BCUT2D eigenvalue weighted by Crippen LogP contribution is -2.15. The molecule has 0 aliphatic rings. The molecule has 0 radical (unpaired) electrons. The van der Waals surface area contributed by atoms with Gasteiger partial charge in [-0.1, -0.05) is 13.3 Å². The molecule has 3 heteroatoms. The van der Waals surface area contributed by atoms with Crippen molar-refractivity contribution in [2.45, 2.75) is 26.7 Å². The van der Waals surface area contributed by atoms with Crippen LogP contribution in [-0.2, 0) is 0 Å². The van der Waals surface area contributed by atoms with Gasteiger partial charge < -0.3 is 11.2 Å². The van der Waals surface area contributed by atoms with Gasteiger partial charge in [-0.15, -0.1) is 0 Å². The maximum Gasteiger partial charge on any atom is 0.116 e. The monoisotopic (exact) mass is 129 g/mol. The van der Waals surface area contributed by atoms with Crippen molar-refractivity contribution in [1.82, 2.24) is 5.43 Å². The Morgan fingerprint density at radius 2 is 2.33 bits per heavy atom. The van der Waals surface area contributed by atoms with Crippen molar-refractivity contribution in [2.75, 3.05) is 6.54 Å². The second-order valence-corrected chi connectivity index (χ2v) is 2.01. The Morgan fingerprint density at radius 1 is 1.67 bits per heavy atom. The molecule has 0 saturated heterocycles. The van der Waals surface area contributed by atoms with Crippen LogP contribution >= 0.6 is 0 Å². The summed E-state index contributed by atoms with van der Waals surface area (Å²) in [6, 6.07) is 0. The smallest absolute Gasteiger partial charge is 0.116 e. The van der Waals surface area contributed by atoms with E-state index in [-0.39, 0.29) is 0 Å². The van der Waals surface area contributed by atoms with Crippen LogP contribution in [0.3, 0.4) is 0 Å². The maximum atomic E-state index is 5.26. The van der Waals surface area contributed by atoms with Gasteiger partial charge in [0, 0.05) is 6.54 Å². The van der Waals surface area contributed by atoms with Crippen molar-refractivity contribution < 1.29 is 0 Å². The van der Waals surface area contributed by atoms with Crippen molar-refractivity contribution in [3.8, 4) is 0 Å². The van der Waals surface area contributed by atoms with Gasteiger partial charge in [0.25, 0.3) is 0 Å². The van der Waals surface area contributed by atoms with E-state index in [0.29, 0.717) is 5.84 Å². The highest BCUT2D eigenvalue weighted by Crippen LogP contribution is 1.81. The van der Waals surface area contributed by atoms with Crippen LogP contribution < -0.4 is 11.2 Å². The first-order valence-electron chi connectivity index (χ1n) is 3.30. The van der Waals surface area contributed by atoms with Gasteiger partial charge >= 0.3 is 0 Å². The first-order valence-corrected chi connectivity index (χ1v) is 3.30. The van der Waals surface area contributed by atoms with Crippen molar-refractivity contribution in [3.05, 3.63) is 0 Å². The van der Waals surface area contributed by atoms with Crippen LogP contribution in [0.15, 0.2) is 5.10 Å². The van der Waals surface area contributed by atoms with Gasteiger partial charge in [0.05, 0.1) is 0 Å². The topological polar surface area (TPSA) is 50.4 Å². The van der Waals surface area contributed by atoms with E-state index >= 15 is 0 Å². The number of hydrogen-bond donors (Lipinski definition) is 2. The molecule has 3 nitrogen and oxygen atoms in total. The summed E-state index contributed by atoms with van der Waals surface area (Å²) in [4.78, 5) is 0. The number of unbranched alkanes of at least 4 members (excludes halogenated alkanes) is 1. The molecular weight excluding hydrogens is 114 g/mol. The number of nitrogens with zero attached hydrogens (tertiary/aromatic N) is 1. The average Bonchev–Trinajstić information content (AvgIpc) is 1.80. The quantitative estimate of drug-likeness (QED) is 0.254. The third-order valence-electron chi connectivity index (χ3n) is 0.898. The van der Waals surface area contributed by atoms with Crippen LogP contribution in [-0.4, -0.2) is 12.4 Å². The zero-order chi connectivity index (χ0) is 7.11. The average molecular weight is 129 g/mol. The molecule has 3 N–H and O–H groups in total. The van der Waals surface area contributed by atoms with Gasteiger partial charge in [0.1, 0.15) is 5.84 Å². The predicted molar refractivity (Wildman–Crippen MR) is 40.2 cm³/mol. The van der Waals surface area contributed by atoms with Gasteiger partial charge in [-0.2, -0.15) is 5.10 Å². The number of amidine groups is 1. The van der Waals surface area contributed by atoms with Crippen molar-refractivity contribution >= 4 is 5.84 Å². The third-order valence-corrected chi connectivity index (χ3v) is 0.898. The highest BCUT2D eigenvalue weighted by atomic mass is 15.3. The Bertz CT molecular complexity index is 84.3. The molecule has 0 amide bonds. The minimum atomic E-state index is 0.589. The van der Waals surface area contributed by atoms with Gasteiger partial charge in [-0.3, -0.25) is 0 Å². The molecule has 9 heavy (non-hydrogen) atoms. The largest absolute Gasteiger partial charge is 0.386 e. The first kappa shape index (κ1) is 8.27. The molecule has 0 atom stereocenters. The summed E-state index contributed by atoms with van der Waals surface area (Å²) in [6.07, 6.45) is 2.34. The molecule has 0 spiro atoms. The fraction of sp³-hybridized carbons (Fsp3) is 0.833. The van der Waals surface area contributed by atoms with Crippen LogP contribution in [0, 0.1) is 0 Å². The van der Waals surface area contributed by atoms with E-state index in [1.807, 2.05) is 0 Å². The molecule has 0 rings (SSSR count). The fourth-order valence-corrected chi connectivity index (χ4v) is 0.436. The second kappa shape index (κ2) is 5.41. The summed E-state index contributed by atoms with van der Waals surface area (Å²) < 4.78 is 0. The van der Waals surface area contributed by atoms with E-state index < -0.39 is 0 Å². The molecule has 0 heterocycles. The molecule has 0 aromatic heterocycles. The molecule has 0 aliphatic carbocycles. The molecule has 54 valence electrons. The highest BCUT2D eigenvalue weighted by Gasteiger charge is 1.79. The number of hydrogen-bond acceptors (Lipinski definition) is 2. The number of nitrogens with two attached hydrogens (primary N) is 1. The van der Waals surface area contributed by atoms with E-state index in [2.05, 4.69) is 17.5 Å². The molecule has 0 bridgehead atoms. The van der Waals surface area contributed by atoms with Crippen molar-refractivity contribution in [2.24, 2.45) is 10.8 Å².